The average Bonchev–Trinajstić information content (AvgIpc) is 2.66. The maximum absolute atomic E-state index is 12.1. The minimum atomic E-state index is -0.635. The van der Waals surface area contributed by atoms with Crippen LogP contribution in [0.25, 0.3) is 0 Å². The van der Waals surface area contributed by atoms with Gasteiger partial charge in [-0.1, -0.05) is 37.5 Å². The predicted molar refractivity (Wildman–Crippen MR) is 93.6 cm³/mol. The van der Waals surface area contributed by atoms with Crippen LogP contribution in [0.3, 0.4) is 0 Å². The van der Waals surface area contributed by atoms with E-state index < -0.39 is 30.4 Å². The molecule has 1 unspecified atom stereocenters. The molecule has 1 atom stereocenters. The fourth-order valence-electron chi connectivity index (χ4n) is 3.37. The van der Waals surface area contributed by atoms with Crippen molar-refractivity contribution in [2.45, 2.75) is 44.6 Å². The van der Waals surface area contributed by atoms with E-state index in [9.17, 15) is 14.4 Å². The molecule has 1 aromatic carbocycles. The lowest BCUT2D eigenvalue weighted by Crippen LogP contribution is -2.46. The van der Waals surface area contributed by atoms with Gasteiger partial charge in [-0.15, -0.1) is 0 Å². The molecule has 0 radical (unpaired) electrons. The van der Waals surface area contributed by atoms with Crippen molar-refractivity contribution in [3.05, 3.63) is 29.8 Å². The molecule has 0 aromatic heterocycles. The quantitative estimate of drug-likeness (QED) is 0.801. The number of hydrogen-bond donors (Lipinski definition) is 2. The summed E-state index contributed by atoms with van der Waals surface area (Å²) >= 11 is 0. The number of carbonyl (C=O) groups is 3. The molecule has 26 heavy (non-hydrogen) atoms. The number of carbonyl (C=O) groups excluding carboxylic acids is 3. The van der Waals surface area contributed by atoms with Crippen molar-refractivity contribution >= 4 is 17.9 Å². The summed E-state index contributed by atoms with van der Waals surface area (Å²) in [5, 5.41) is 4.98. The van der Waals surface area contributed by atoms with Gasteiger partial charge in [0.05, 0.1) is 5.92 Å². The Morgan fingerprint density at radius 3 is 2.69 bits per heavy atom. The Bertz CT molecular complexity index is 670. The van der Waals surface area contributed by atoms with E-state index in [4.69, 9.17) is 9.47 Å². The monoisotopic (exact) mass is 360 g/mol. The molecular weight excluding hydrogens is 336 g/mol. The highest BCUT2D eigenvalue weighted by molar-refractivity contribution is 5.95. The zero-order valence-corrected chi connectivity index (χ0v) is 14.7. The van der Waals surface area contributed by atoms with Crippen LogP contribution in [-0.4, -0.2) is 37.2 Å². The highest BCUT2D eigenvalue weighted by Crippen LogP contribution is 2.27. The Labute approximate surface area is 152 Å². The maximum atomic E-state index is 12.1. The fraction of sp³-hybridized carbons (Fsp3) is 0.526. The van der Waals surface area contributed by atoms with Crippen molar-refractivity contribution < 1.29 is 23.9 Å². The van der Waals surface area contributed by atoms with Crippen LogP contribution < -0.4 is 15.4 Å². The molecule has 1 aliphatic heterocycles. The van der Waals surface area contributed by atoms with E-state index in [0.29, 0.717) is 6.42 Å². The lowest BCUT2D eigenvalue weighted by Gasteiger charge is -2.24. The van der Waals surface area contributed by atoms with E-state index in [0.717, 1.165) is 37.0 Å². The third kappa shape index (κ3) is 4.97. The van der Waals surface area contributed by atoms with Crippen molar-refractivity contribution in [3.63, 3.8) is 0 Å². The Morgan fingerprint density at radius 1 is 1.12 bits per heavy atom. The Morgan fingerprint density at radius 2 is 1.88 bits per heavy atom. The molecule has 1 saturated carbocycles. The number of urea groups is 1. The molecule has 1 heterocycles. The number of rotatable bonds is 4. The molecule has 7 nitrogen and oxygen atoms in total. The summed E-state index contributed by atoms with van der Waals surface area (Å²) in [7, 11) is 0. The predicted octanol–water partition coefficient (Wildman–Crippen LogP) is 1.94. The number of para-hydroxylation sites is 1. The SMILES string of the molecule is O=C(COC(=O)C1COc2ccccc2C1)NC(=O)NC1CCCCC1. The van der Waals surface area contributed by atoms with Gasteiger partial charge in [0.15, 0.2) is 6.61 Å². The van der Waals surface area contributed by atoms with E-state index in [2.05, 4.69) is 10.6 Å². The number of amides is 3. The van der Waals surface area contributed by atoms with Gasteiger partial charge in [-0.25, -0.2) is 4.79 Å². The minimum absolute atomic E-state index is 0.110. The van der Waals surface area contributed by atoms with Gasteiger partial charge in [0.25, 0.3) is 5.91 Å². The summed E-state index contributed by atoms with van der Waals surface area (Å²) in [6.07, 6.45) is 5.73. The van der Waals surface area contributed by atoms with Crippen LogP contribution >= 0.6 is 0 Å². The van der Waals surface area contributed by atoms with Crippen LogP contribution in [0.2, 0.25) is 0 Å². The molecule has 2 aliphatic rings. The third-order valence-corrected chi connectivity index (χ3v) is 4.75. The lowest BCUT2D eigenvalue weighted by atomic mass is 9.96. The van der Waals surface area contributed by atoms with Gasteiger partial charge in [0.2, 0.25) is 0 Å². The van der Waals surface area contributed by atoms with Gasteiger partial charge >= 0.3 is 12.0 Å². The Balaban J connectivity index is 1.38. The molecule has 3 amide bonds. The van der Waals surface area contributed by atoms with Gasteiger partial charge < -0.3 is 14.8 Å². The van der Waals surface area contributed by atoms with E-state index in [1.54, 1.807) is 0 Å². The van der Waals surface area contributed by atoms with Crippen molar-refractivity contribution in [2.75, 3.05) is 13.2 Å². The molecule has 7 heteroatoms. The van der Waals surface area contributed by atoms with Crippen LogP contribution in [0, 0.1) is 5.92 Å². The second-order valence-corrected chi connectivity index (χ2v) is 6.78. The molecular formula is C19H24N2O5. The number of fused-ring (bicyclic) bond motifs is 1. The van der Waals surface area contributed by atoms with Gasteiger partial charge in [0.1, 0.15) is 12.4 Å². The molecule has 1 aliphatic carbocycles. The number of nitrogens with one attached hydrogen (secondary N) is 2. The highest BCUT2D eigenvalue weighted by Gasteiger charge is 2.27. The van der Waals surface area contributed by atoms with Gasteiger partial charge in [-0.05, 0) is 30.9 Å². The highest BCUT2D eigenvalue weighted by atomic mass is 16.5. The summed E-state index contributed by atoms with van der Waals surface area (Å²) in [6.45, 7) is -0.255. The molecule has 1 aromatic rings. The van der Waals surface area contributed by atoms with Crippen molar-refractivity contribution in [3.8, 4) is 5.75 Å². The normalized spacial score (nSPS) is 19.6. The molecule has 3 rings (SSSR count). The first-order chi connectivity index (χ1) is 12.6. The summed E-state index contributed by atoms with van der Waals surface area (Å²) in [5.74, 6) is -0.812. The van der Waals surface area contributed by atoms with Crippen LogP contribution in [0.15, 0.2) is 24.3 Å². The smallest absolute Gasteiger partial charge is 0.321 e. The third-order valence-electron chi connectivity index (χ3n) is 4.75. The second kappa shape index (κ2) is 8.69. The largest absolute Gasteiger partial charge is 0.492 e. The van der Waals surface area contributed by atoms with Crippen LogP contribution in [0.1, 0.15) is 37.7 Å². The number of esters is 1. The summed E-state index contributed by atoms with van der Waals surface area (Å²) in [4.78, 5) is 35.7. The first kappa shape index (κ1) is 18.2. The van der Waals surface area contributed by atoms with Crippen molar-refractivity contribution in [2.24, 2.45) is 5.92 Å². The molecule has 0 bridgehead atoms. The van der Waals surface area contributed by atoms with Gasteiger partial charge in [-0.2, -0.15) is 0 Å². The number of ether oxygens (including phenoxy) is 2. The maximum Gasteiger partial charge on any atom is 0.321 e. The van der Waals surface area contributed by atoms with E-state index in [1.165, 1.54) is 6.42 Å². The Hall–Kier alpha value is -2.57. The zero-order valence-electron chi connectivity index (χ0n) is 14.7. The zero-order chi connectivity index (χ0) is 18.4. The standard InChI is InChI=1S/C19H24N2O5/c22-17(21-19(24)20-15-7-2-1-3-8-15)12-26-18(23)14-10-13-6-4-5-9-16(13)25-11-14/h4-6,9,14-15H,1-3,7-8,10-12H2,(H2,20,21,22,24). The molecule has 1 fully saturated rings. The Kier molecular flexibility index (Phi) is 6.09. The topological polar surface area (TPSA) is 93.7 Å². The summed E-state index contributed by atoms with van der Waals surface area (Å²) < 4.78 is 10.6. The average molecular weight is 360 g/mol. The van der Waals surface area contributed by atoms with Gasteiger partial charge in [0, 0.05) is 6.04 Å². The van der Waals surface area contributed by atoms with Crippen molar-refractivity contribution in [1.29, 1.82) is 0 Å². The van der Waals surface area contributed by atoms with Gasteiger partial charge in [-0.3, -0.25) is 14.9 Å². The first-order valence-electron chi connectivity index (χ1n) is 9.09. The number of imide groups is 1. The first-order valence-corrected chi connectivity index (χ1v) is 9.09. The van der Waals surface area contributed by atoms with E-state index in [-0.39, 0.29) is 12.6 Å². The van der Waals surface area contributed by atoms with Crippen LogP contribution in [0.4, 0.5) is 4.79 Å². The summed E-state index contributed by atoms with van der Waals surface area (Å²) in [5.41, 5.74) is 0.942. The fourth-order valence-corrected chi connectivity index (χ4v) is 3.37. The number of benzene rings is 1. The lowest BCUT2D eigenvalue weighted by molar-refractivity contribution is -0.153. The summed E-state index contributed by atoms with van der Waals surface area (Å²) in [6, 6.07) is 7.09. The van der Waals surface area contributed by atoms with Crippen molar-refractivity contribution in [1.82, 2.24) is 10.6 Å². The molecule has 140 valence electrons. The number of hydrogen-bond acceptors (Lipinski definition) is 5. The molecule has 0 spiro atoms. The van der Waals surface area contributed by atoms with E-state index in [1.807, 2.05) is 24.3 Å². The van der Waals surface area contributed by atoms with Crippen LogP contribution in [-0.2, 0) is 20.7 Å². The second-order valence-electron chi connectivity index (χ2n) is 6.78. The molecule has 2 N–H and O–H groups in total. The van der Waals surface area contributed by atoms with Crippen LogP contribution in [0.5, 0.6) is 5.75 Å². The minimum Gasteiger partial charge on any atom is -0.492 e. The van der Waals surface area contributed by atoms with E-state index >= 15 is 0 Å². The molecule has 0 saturated heterocycles.